The smallest absolute Gasteiger partial charge is 0.719 e. The number of carbonyl (C=O) groups excluding carboxylic acids is 1. The van der Waals surface area contributed by atoms with Gasteiger partial charge in [-0.15, -0.1) is 0 Å². The summed E-state index contributed by atoms with van der Waals surface area (Å²) in [5, 5.41) is -0.365. The van der Waals surface area contributed by atoms with E-state index in [1.165, 1.54) is 4.90 Å². The molecule has 0 atom stereocenters. The molecule has 1 rings (SSSR count). The normalized spacial score (nSPS) is 8.42. The predicted molar refractivity (Wildman–Crippen MR) is 47.6 cm³/mol. The van der Waals surface area contributed by atoms with Crippen molar-refractivity contribution in [3.05, 3.63) is 30.3 Å². The van der Waals surface area contributed by atoms with E-state index < -0.39 is 0 Å². The fourth-order valence-electron chi connectivity index (χ4n) is 0.757. The second-order valence-electron chi connectivity index (χ2n) is 2.16. The Hall–Kier alpha value is -0.350. The van der Waals surface area contributed by atoms with Crippen LogP contribution in [0, 0.1) is 0 Å². The van der Waals surface area contributed by atoms with Crippen LogP contribution in [0.15, 0.2) is 30.3 Å². The second-order valence-corrected chi connectivity index (χ2v) is 2.51. The Morgan fingerprint density at radius 3 is 2.25 bits per heavy atom. The van der Waals surface area contributed by atoms with E-state index in [4.69, 9.17) is 0 Å². The Morgan fingerprint density at radius 1 is 1.33 bits per heavy atom. The van der Waals surface area contributed by atoms with Gasteiger partial charge in [0.2, 0.25) is 0 Å². The minimum Gasteiger partial charge on any atom is -0.719 e. The Kier molecular flexibility index (Phi) is 5.17. The average molecular weight is 363 g/mol. The Morgan fingerprint density at radius 2 is 1.83 bits per heavy atom. The largest absolute Gasteiger partial charge is 1.00 e. The number of para-hydroxylation sites is 1. The molecule has 1 aromatic rings. The number of hydrogen-bond donors (Lipinski definition) is 0. The van der Waals surface area contributed by atoms with Gasteiger partial charge in [-0.1, -0.05) is 18.2 Å². The SMILES string of the molecule is CN(C(=O)[S-])c1ccccc1.[Au+]. The fourth-order valence-corrected chi connectivity index (χ4v) is 0.862. The summed E-state index contributed by atoms with van der Waals surface area (Å²) in [6, 6.07) is 9.30. The molecular weight excluding hydrogens is 355 g/mol. The first-order chi connectivity index (χ1) is 5.22. The molecule has 0 aliphatic rings. The maximum absolute atomic E-state index is 10.7. The molecule has 0 aliphatic heterocycles. The molecule has 2 nitrogen and oxygen atoms in total. The summed E-state index contributed by atoms with van der Waals surface area (Å²) >= 11 is 4.47. The minimum absolute atomic E-state index is 0. The molecule has 0 unspecified atom stereocenters. The quantitative estimate of drug-likeness (QED) is 0.560. The Balaban J connectivity index is 0.00000121. The van der Waals surface area contributed by atoms with Crippen LogP contribution in [0.1, 0.15) is 0 Å². The van der Waals surface area contributed by atoms with Crippen molar-refractivity contribution in [3.63, 3.8) is 0 Å². The van der Waals surface area contributed by atoms with E-state index in [0.717, 1.165) is 5.69 Å². The van der Waals surface area contributed by atoms with Crippen molar-refractivity contribution < 1.29 is 27.2 Å². The number of hydrogen-bond acceptors (Lipinski definition) is 2. The van der Waals surface area contributed by atoms with Crippen LogP contribution < -0.4 is 4.90 Å². The van der Waals surface area contributed by atoms with E-state index in [-0.39, 0.29) is 27.6 Å². The molecule has 0 heterocycles. The van der Waals surface area contributed by atoms with E-state index in [1.54, 1.807) is 7.05 Å². The van der Waals surface area contributed by atoms with E-state index in [2.05, 4.69) is 12.6 Å². The number of anilines is 1. The standard InChI is InChI=1S/C8H9NOS.Au/c1-9(8(10)11)7-5-3-2-4-6-7;/h2-6H,1H3,(H,10,11);/q;+1/p-1. The molecule has 0 aliphatic carbocycles. The van der Waals surface area contributed by atoms with E-state index in [1.807, 2.05) is 30.3 Å². The Labute approximate surface area is 92.9 Å². The van der Waals surface area contributed by atoms with Gasteiger partial charge in [0.25, 0.3) is 0 Å². The monoisotopic (exact) mass is 363 g/mol. The van der Waals surface area contributed by atoms with Gasteiger partial charge in [-0.25, -0.2) is 0 Å². The van der Waals surface area contributed by atoms with Crippen molar-refractivity contribution in [2.24, 2.45) is 0 Å². The van der Waals surface area contributed by atoms with E-state index in [0.29, 0.717) is 0 Å². The van der Waals surface area contributed by atoms with E-state index >= 15 is 0 Å². The van der Waals surface area contributed by atoms with Crippen molar-refractivity contribution in [2.45, 2.75) is 0 Å². The Bertz CT molecular complexity index is 252. The van der Waals surface area contributed by atoms with Crippen molar-refractivity contribution in [3.8, 4) is 0 Å². The first kappa shape index (κ1) is 11.7. The summed E-state index contributed by atoms with van der Waals surface area (Å²) in [6.07, 6.45) is 0. The zero-order chi connectivity index (χ0) is 8.27. The maximum atomic E-state index is 10.7. The van der Waals surface area contributed by atoms with Crippen molar-refractivity contribution in [1.29, 1.82) is 0 Å². The summed E-state index contributed by atoms with van der Waals surface area (Å²) in [5.74, 6) is 0. The summed E-state index contributed by atoms with van der Waals surface area (Å²) in [5.41, 5.74) is 0.826. The fraction of sp³-hybridized carbons (Fsp3) is 0.125. The van der Waals surface area contributed by atoms with Gasteiger partial charge in [-0.2, -0.15) is 0 Å². The van der Waals surface area contributed by atoms with Crippen LogP contribution in [0.2, 0.25) is 0 Å². The molecule has 1 amide bonds. The van der Waals surface area contributed by atoms with Crippen molar-refractivity contribution in [1.82, 2.24) is 0 Å². The zero-order valence-electron chi connectivity index (χ0n) is 6.45. The molecule has 68 valence electrons. The molecular formula is C8H8AuNOS. The molecule has 0 saturated heterocycles. The van der Waals surface area contributed by atoms with E-state index in [9.17, 15) is 4.79 Å². The molecule has 0 bridgehead atoms. The average Bonchev–Trinajstić information content (AvgIpc) is 2.05. The zero-order valence-corrected chi connectivity index (χ0v) is 9.43. The molecule has 0 saturated carbocycles. The van der Waals surface area contributed by atoms with Crippen LogP contribution in [0.3, 0.4) is 0 Å². The van der Waals surface area contributed by atoms with Crippen LogP contribution in [0.25, 0.3) is 0 Å². The molecule has 0 N–H and O–H groups in total. The minimum atomic E-state index is -0.365. The maximum Gasteiger partial charge on any atom is 1.00 e. The number of nitrogens with zero attached hydrogens (tertiary/aromatic N) is 1. The van der Waals surface area contributed by atoms with Crippen LogP contribution in [-0.2, 0) is 35.0 Å². The first-order valence-corrected chi connectivity index (χ1v) is 3.62. The number of carbonyl (C=O) groups is 1. The summed E-state index contributed by atoms with van der Waals surface area (Å²) in [4.78, 5) is 12.1. The predicted octanol–water partition coefficient (Wildman–Crippen LogP) is 1.79. The molecule has 12 heavy (non-hydrogen) atoms. The molecule has 0 fully saturated rings. The van der Waals surface area contributed by atoms with Crippen molar-refractivity contribution in [2.75, 3.05) is 11.9 Å². The van der Waals surface area contributed by atoms with Gasteiger partial charge in [0, 0.05) is 12.7 Å². The molecule has 0 spiro atoms. The third kappa shape index (κ3) is 2.95. The third-order valence-corrected chi connectivity index (χ3v) is 1.69. The van der Waals surface area contributed by atoms with Crippen LogP contribution in [0.5, 0.6) is 0 Å². The topological polar surface area (TPSA) is 20.3 Å². The number of benzene rings is 1. The van der Waals surface area contributed by atoms with Crippen LogP contribution in [-0.4, -0.2) is 12.3 Å². The second kappa shape index (κ2) is 5.32. The number of rotatable bonds is 1. The summed E-state index contributed by atoms with van der Waals surface area (Å²) in [7, 11) is 1.66. The van der Waals surface area contributed by atoms with Gasteiger partial charge in [0.1, 0.15) is 5.24 Å². The van der Waals surface area contributed by atoms with Gasteiger partial charge >= 0.3 is 22.4 Å². The first-order valence-electron chi connectivity index (χ1n) is 3.21. The third-order valence-electron chi connectivity index (χ3n) is 1.42. The van der Waals surface area contributed by atoms with Crippen LogP contribution >= 0.6 is 0 Å². The van der Waals surface area contributed by atoms with Gasteiger partial charge < -0.3 is 22.3 Å². The van der Waals surface area contributed by atoms with Gasteiger partial charge in [0.15, 0.2) is 0 Å². The van der Waals surface area contributed by atoms with Crippen molar-refractivity contribution >= 4 is 23.6 Å². The molecule has 0 radical (unpaired) electrons. The molecule has 4 heteroatoms. The van der Waals surface area contributed by atoms with Gasteiger partial charge in [0.05, 0.1) is 0 Å². The van der Waals surface area contributed by atoms with Gasteiger partial charge in [-0.05, 0) is 12.1 Å². The molecule has 0 aromatic heterocycles. The number of amides is 1. The molecule has 1 aromatic carbocycles. The van der Waals surface area contributed by atoms with Gasteiger partial charge in [-0.3, -0.25) is 0 Å². The summed E-state index contributed by atoms with van der Waals surface area (Å²) in [6.45, 7) is 0. The summed E-state index contributed by atoms with van der Waals surface area (Å²) < 4.78 is 0. The van der Waals surface area contributed by atoms with Crippen LogP contribution in [0.4, 0.5) is 10.5 Å².